The molecule has 0 aliphatic carbocycles. The first kappa shape index (κ1) is 13.8. The Labute approximate surface area is 104 Å². The van der Waals surface area contributed by atoms with Crippen LogP contribution >= 0.6 is 15.9 Å². The SMILES string of the molecule is CCOC(=O)c1[nH]c(=O)cc(CBr)c1C(F)F. The molecule has 0 spiro atoms. The van der Waals surface area contributed by atoms with Gasteiger partial charge in [-0.15, -0.1) is 0 Å². The van der Waals surface area contributed by atoms with E-state index in [9.17, 15) is 18.4 Å². The van der Waals surface area contributed by atoms with Crippen LogP contribution < -0.4 is 5.56 Å². The Kier molecular flexibility index (Phi) is 4.80. The zero-order chi connectivity index (χ0) is 13.0. The van der Waals surface area contributed by atoms with Crippen molar-refractivity contribution in [3.8, 4) is 0 Å². The Morgan fingerprint density at radius 2 is 2.24 bits per heavy atom. The standard InChI is InChI=1S/C10H10BrF2NO3/c1-2-17-10(16)8-7(9(12)13)5(4-11)3-6(15)14-8/h3,9H,2,4H2,1H3,(H,14,15). The van der Waals surface area contributed by atoms with Gasteiger partial charge in [-0.2, -0.15) is 0 Å². The van der Waals surface area contributed by atoms with Crippen molar-refractivity contribution in [1.29, 1.82) is 0 Å². The number of hydrogen-bond acceptors (Lipinski definition) is 3. The summed E-state index contributed by atoms with van der Waals surface area (Å²) < 4.78 is 30.3. The van der Waals surface area contributed by atoms with Gasteiger partial charge in [0.05, 0.1) is 12.2 Å². The van der Waals surface area contributed by atoms with E-state index in [2.05, 4.69) is 25.7 Å². The van der Waals surface area contributed by atoms with Crippen LogP contribution in [-0.4, -0.2) is 17.6 Å². The molecule has 0 amide bonds. The third-order valence-electron chi connectivity index (χ3n) is 2.01. The molecule has 0 aliphatic heterocycles. The lowest BCUT2D eigenvalue weighted by molar-refractivity contribution is 0.0506. The van der Waals surface area contributed by atoms with Crippen LogP contribution in [0.15, 0.2) is 10.9 Å². The highest BCUT2D eigenvalue weighted by atomic mass is 79.9. The molecule has 0 atom stereocenters. The minimum Gasteiger partial charge on any atom is -0.461 e. The Hall–Kier alpha value is -1.24. The van der Waals surface area contributed by atoms with Crippen LogP contribution in [0.2, 0.25) is 0 Å². The first-order valence-corrected chi connectivity index (χ1v) is 5.90. The van der Waals surface area contributed by atoms with E-state index in [-0.39, 0.29) is 17.5 Å². The minimum absolute atomic E-state index is 0.0437. The zero-order valence-electron chi connectivity index (χ0n) is 8.93. The summed E-state index contributed by atoms with van der Waals surface area (Å²) in [6.45, 7) is 1.59. The van der Waals surface area contributed by atoms with Crippen LogP contribution in [0.5, 0.6) is 0 Å². The van der Waals surface area contributed by atoms with E-state index in [1.165, 1.54) is 0 Å². The second-order valence-corrected chi connectivity index (χ2v) is 3.66. The number of aromatic nitrogens is 1. The highest BCUT2D eigenvalue weighted by Gasteiger charge is 2.24. The van der Waals surface area contributed by atoms with Crippen LogP contribution in [0.25, 0.3) is 0 Å². The number of nitrogens with one attached hydrogen (secondary N) is 1. The maximum Gasteiger partial charge on any atom is 0.355 e. The fraction of sp³-hybridized carbons (Fsp3) is 0.400. The van der Waals surface area contributed by atoms with Gasteiger partial charge in [-0.25, -0.2) is 13.6 Å². The van der Waals surface area contributed by atoms with Crippen molar-refractivity contribution < 1.29 is 18.3 Å². The second-order valence-electron chi connectivity index (χ2n) is 3.10. The molecular formula is C10H10BrF2NO3. The molecule has 1 rings (SSSR count). The van der Waals surface area contributed by atoms with Crippen LogP contribution in [0.4, 0.5) is 8.78 Å². The average molecular weight is 310 g/mol. The number of carbonyl (C=O) groups is 1. The molecule has 4 nitrogen and oxygen atoms in total. The summed E-state index contributed by atoms with van der Waals surface area (Å²) in [6, 6.07) is 1.03. The van der Waals surface area contributed by atoms with E-state index >= 15 is 0 Å². The van der Waals surface area contributed by atoms with Gasteiger partial charge in [0, 0.05) is 11.4 Å². The largest absolute Gasteiger partial charge is 0.461 e. The monoisotopic (exact) mass is 309 g/mol. The molecular weight excluding hydrogens is 300 g/mol. The minimum atomic E-state index is -2.86. The lowest BCUT2D eigenvalue weighted by atomic mass is 10.1. The molecule has 0 aliphatic rings. The van der Waals surface area contributed by atoms with E-state index in [1.807, 2.05) is 0 Å². The van der Waals surface area contributed by atoms with Crippen molar-refractivity contribution in [3.05, 3.63) is 33.2 Å². The molecule has 1 N–H and O–H groups in total. The first-order chi connectivity index (χ1) is 8.01. The Balaban J connectivity index is 3.40. The van der Waals surface area contributed by atoms with Crippen molar-refractivity contribution in [2.75, 3.05) is 6.61 Å². The summed E-state index contributed by atoms with van der Waals surface area (Å²) >= 11 is 2.99. The topological polar surface area (TPSA) is 59.2 Å². The lowest BCUT2D eigenvalue weighted by Gasteiger charge is -2.11. The van der Waals surface area contributed by atoms with E-state index in [1.54, 1.807) is 6.92 Å². The Morgan fingerprint density at radius 3 is 2.71 bits per heavy atom. The smallest absolute Gasteiger partial charge is 0.355 e. The number of halogens is 3. The van der Waals surface area contributed by atoms with Gasteiger partial charge in [-0.3, -0.25) is 4.79 Å². The molecule has 1 aromatic heterocycles. The van der Waals surface area contributed by atoms with Crippen LogP contribution in [-0.2, 0) is 10.1 Å². The maximum absolute atomic E-state index is 12.9. The third kappa shape index (κ3) is 3.12. The second kappa shape index (κ2) is 5.90. The van der Waals surface area contributed by atoms with Gasteiger partial charge in [-0.1, -0.05) is 15.9 Å². The number of alkyl halides is 3. The molecule has 0 radical (unpaired) electrons. The summed E-state index contributed by atoms with van der Waals surface area (Å²) in [6.07, 6.45) is -2.86. The quantitative estimate of drug-likeness (QED) is 0.686. The van der Waals surface area contributed by atoms with Gasteiger partial charge in [0.15, 0.2) is 0 Å². The highest BCUT2D eigenvalue weighted by Crippen LogP contribution is 2.26. The predicted octanol–water partition coefficient (Wildman–Crippen LogP) is 2.38. The van der Waals surface area contributed by atoms with E-state index in [0.717, 1.165) is 6.07 Å². The van der Waals surface area contributed by atoms with Crippen LogP contribution in [0.1, 0.15) is 35.0 Å². The van der Waals surface area contributed by atoms with Gasteiger partial charge in [0.25, 0.3) is 6.43 Å². The fourth-order valence-corrected chi connectivity index (χ4v) is 1.81. The van der Waals surface area contributed by atoms with Crippen molar-refractivity contribution in [2.24, 2.45) is 0 Å². The number of H-pyrrole nitrogens is 1. The third-order valence-corrected chi connectivity index (χ3v) is 2.61. The Morgan fingerprint density at radius 1 is 1.59 bits per heavy atom. The van der Waals surface area contributed by atoms with Crippen molar-refractivity contribution >= 4 is 21.9 Å². The normalized spacial score (nSPS) is 10.6. The lowest BCUT2D eigenvalue weighted by Crippen LogP contribution is -2.19. The number of rotatable bonds is 4. The molecule has 1 aromatic rings. The average Bonchev–Trinajstić information content (AvgIpc) is 2.27. The molecule has 7 heteroatoms. The highest BCUT2D eigenvalue weighted by molar-refractivity contribution is 9.08. The maximum atomic E-state index is 12.9. The summed E-state index contributed by atoms with van der Waals surface area (Å²) in [4.78, 5) is 24.8. The molecule has 0 unspecified atom stereocenters. The van der Waals surface area contributed by atoms with Crippen LogP contribution in [0.3, 0.4) is 0 Å². The van der Waals surface area contributed by atoms with Gasteiger partial charge >= 0.3 is 5.97 Å². The van der Waals surface area contributed by atoms with Gasteiger partial charge in [0.1, 0.15) is 5.69 Å². The summed E-state index contributed by atoms with van der Waals surface area (Å²) in [5.74, 6) is -0.956. The summed E-state index contributed by atoms with van der Waals surface area (Å²) in [5.41, 5.74) is -1.53. The van der Waals surface area contributed by atoms with Crippen LogP contribution in [0, 0.1) is 0 Å². The number of hydrogen-bond donors (Lipinski definition) is 1. The molecule has 0 saturated heterocycles. The number of carbonyl (C=O) groups excluding carboxylic acids is 1. The zero-order valence-corrected chi connectivity index (χ0v) is 10.5. The Bertz CT molecular complexity index is 473. The summed E-state index contributed by atoms with van der Waals surface area (Å²) in [5, 5.41) is 0.0585. The molecule has 17 heavy (non-hydrogen) atoms. The van der Waals surface area contributed by atoms with Gasteiger partial charge < -0.3 is 9.72 Å². The van der Waals surface area contributed by atoms with E-state index in [0.29, 0.717) is 0 Å². The van der Waals surface area contributed by atoms with E-state index in [4.69, 9.17) is 0 Å². The molecule has 0 fully saturated rings. The number of pyridine rings is 1. The fourth-order valence-electron chi connectivity index (χ4n) is 1.35. The predicted molar refractivity (Wildman–Crippen MR) is 60.6 cm³/mol. The van der Waals surface area contributed by atoms with Crippen molar-refractivity contribution in [3.63, 3.8) is 0 Å². The van der Waals surface area contributed by atoms with Crippen molar-refractivity contribution in [1.82, 2.24) is 4.98 Å². The molecule has 0 aromatic carbocycles. The molecule has 0 bridgehead atoms. The molecule has 0 saturated carbocycles. The van der Waals surface area contributed by atoms with E-state index < -0.39 is 29.2 Å². The van der Waals surface area contributed by atoms with Crippen molar-refractivity contribution in [2.45, 2.75) is 18.7 Å². The number of esters is 1. The summed E-state index contributed by atoms with van der Waals surface area (Å²) in [7, 11) is 0. The first-order valence-electron chi connectivity index (χ1n) is 4.78. The molecule has 1 heterocycles. The van der Waals surface area contributed by atoms with Gasteiger partial charge in [-0.05, 0) is 12.5 Å². The number of ether oxygens (including phenoxy) is 1. The van der Waals surface area contributed by atoms with Gasteiger partial charge in [0.2, 0.25) is 5.56 Å². The molecule has 94 valence electrons. The number of aromatic amines is 1.